The van der Waals surface area contributed by atoms with Gasteiger partial charge >= 0.3 is 0 Å². The summed E-state index contributed by atoms with van der Waals surface area (Å²) in [6.45, 7) is 0. The number of anilines is 2. The number of hydrogen-bond donors (Lipinski definition) is 2. The zero-order valence-corrected chi connectivity index (χ0v) is 12.2. The van der Waals surface area contributed by atoms with Gasteiger partial charge in [-0.3, -0.25) is 4.79 Å². The average Bonchev–Trinajstić information content (AvgIpc) is 2.42. The van der Waals surface area contributed by atoms with Gasteiger partial charge in [-0.05, 0) is 36.4 Å². The Labute approximate surface area is 123 Å². The first-order chi connectivity index (χ1) is 9.51. The summed E-state index contributed by atoms with van der Waals surface area (Å²) in [7, 11) is 1.46. The molecule has 0 aliphatic rings. The number of methoxy groups -OCH3 is 1. The van der Waals surface area contributed by atoms with E-state index in [1.54, 1.807) is 18.2 Å². The maximum atomic E-state index is 13.6. The molecule has 0 spiro atoms. The zero-order valence-electron chi connectivity index (χ0n) is 10.6. The number of carbonyl (C=O) groups is 1. The van der Waals surface area contributed by atoms with Crippen LogP contribution in [0.3, 0.4) is 0 Å². The van der Waals surface area contributed by atoms with Crippen molar-refractivity contribution in [3.8, 4) is 5.75 Å². The highest BCUT2D eigenvalue weighted by molar-refractivity contribution is 9.10. The predicted molar refractivity (Wildman–Crippen MR) is 79.5 cm³/mol. The standard InChI is InChI=1S/C14H12BrFN2O2/c1-20-13-6-8(15)2-4-10(13)14(19)18-12-7-9(17)3-5-11(12)16/h2-7H,17H2,1H3,(H,18,19). The van der Waals surface area contributed by atoms with Crippen molar-refractivity contribution >= 4 is 33.2 Å². The number of halogens is 2. The summed E-state index contributed by atoms with van der Waals surface area (Å²) >= 11 is 3.29. The van der Waals surface area contributed by atoms with Gasteiger partial charge in [0.15, 0.2) is 0 Å². The second kappa shape index (κ2) is 5.92. The number of amides is 1. The summed E-state index contributed by atoms with van der Waals surface area (Å²) in [5, 5.41) is 2.47. The van der Waals surface area contributed by atoms with Crippen LogP contribution in [-0.2, 0) is 0 Å². The molecule has 1 amide bonds. The molecule has 2 rings (SSSR count). The molecule has 0 radical (unpaired) electrons. The molecule has 0 atom stereocenters. The van der Waals surface area contributed by atoms with Gasteiger partial charge in [-0.1, -0.05) is 15.9 Å². The maximum absolute atomic E-state index is 13.6. The summed E-state index contributed by atoms with van der Waals surface area (Å²) in [5.74, 6) is -0.635. The van der Waals surface area contributed by atoms with Gasteiger partial charge in [0, 0.05) is 10.2 Å². The zero-order chi connectivity index (χ0) is 14.7. The van der Waals surface area contributed by atoms with Crippen LogP contribution in [0, 0.1) is 5.82 Å². The SMILES string of the molecule is COc1cc(Br)ccc1C(=O)Nc1cc(N)ccc1F. The Morgan fingerprint density at radius 2 is 2.05 bits per heavy atom. The molecule has 0 aliphatic carbocycles. The molecule has 4 nitrogen and oxygen atoms in total. The van der Waals surface area contributed by atoms with Crippen molar-refractivity contribution in [3.63, 3.8) is 0 Å². The Balaban J connectivity index is 2.30. The van der Waals surface area contributed by atoms with Gasteiger partial charge < -0.3 is 15.8 Å². The van der Waals surface area contributed by atoms with Crippen molar-refractivity contribution in [3.05, 3.63) is 52.3 Å². The monoisotopic (exact) mass is 338 g/mol. The first-order valence-electron chi connectivity index (χ1n) is 5.71. The minimum absolute atomic E-state index is 0.0278. The van der Waals surface area contributed by atoms with E-state index in [0.29, 0.717) is 17.0 Å². The topological polar surface area (TPSA) is 64.3 Å². The molecule has 0 aromatic heterocycles. The minimum atomic E-state index is -0.552. The molecule has 0 unspecified atom stereocenters. The fourth-order valence-corrected chi connectivity index (χ4v) is 2.02. The molecular formula is C14H12BrFN2O2. The number of ether oxygens (including phenoxy) is 1. The lowest BCUT2D eigenvalue weighted by molar-refractivity contribution is 0.102. The van der Waals surface area contributed by atoms with E-state index in [2.05, 4.69) is 21.2 Å². The van der Waals surface area contributed by atoms with E-state index in [4.69, 9.17) is 10.5 Å². The van der Waals surface area contributed by atoms with Gasteiger partial charge in [0.1, 0.15) is 11.6 Å². The van der Waals surface area contributed by atoms with Crippen LogP contribution in [0.15, 0.2) is 40.9 Å². The van der Waals surface area contributed by atoms with Crippen LogP contribution >= 0.6 is 15.9 Å². The molecule has 2 aromatic rings. The highest BCUT2D eigenvalue weighted by Crippen LogP contribution is 2.25. The number of benzene rings is 2. The van der Waals surface area contributed by atoms with Gasteiger partial charge in [0.25, 0.3) is 5.91 Å². The van der Waals surface area contributed by atoms with Crippen molar-refractivity contribution in [1.82, 2.24) is 0 Å². The van der Waals surface area contributed by atoms with Crippen LogP contribution in [0.4, 0.5) is 15.8 Å². The Kier molecular flexibility index (Phi) is 4.24. The third kappa shape index (κ3) is 3.08. The lowest BCUT2D eigenvalue weighted by Crippen LogP contribution is -2.14. The maximum Gasteiger partial charge on any atom is 0.259 e. The number of carbonyl (C=O) groups excluding carboxylic acids is 1. The van der Waals surface area contributed by atoms with Crippen molar-refractivity contribution in [2.45, 2.75) is 0 Å². The van der Waals surface area contributed by atoms with Crippen molar-refractivity contribution < 1.29 is 13.9 Å². The Bertz CT molecular complexity index is 662. The van der Waals surface area contributed by atoms with Crippen LogP contribution < -0.4 is 15.8 Å². The number of rotatable bonds is 3. The molecule has 0 fully saturated rings. The summed E-state index contributed by atoms with van der Waals surface area (Å²) in [6.07, 6.45) is 0. The van der Waals surface area contributed by atoms with Gasteiger partial charge in [-0.15, -0.1) is 0 Å². The summed E-state index contributed by atoms with van der Waals surface area (Å²) < 4.78 is 19.5. The molecule has 0 aliphatic heterocycles. The minimum Gasteiger partial charge on any atom is -0.496 e. The molecular weight excluding hydrogens is 327 g/mol. The van der Waals surface area contributed by atoms with Gasteiger partial charge in [0.2, 0.25) is 0 Å². The van der Waals surface area contributed by atoms with Gasteiger partial charge in [-0.25, -0.2) is 4.39 Å². The van der Waals surface area contributed by atoms with Crippen LogP contribution in [-0.4, -0.2) is 13.0 Å². The van der Waals surface area contributed by atoms with E-state index < -0.39 is 11.7 Å². The van der Waals surface area contributed by atoms with E-state index in [9.17, 15) is 9.18 Å². The lowest BCUT2D eigenvalue weighted by atomic mass is 10.1. The van der Waals surface area contributed by atoms with E-state index in [-0.39, 0.29) is 5.69 Å². The second-order valence-electron chi connectivity index (χ2n) is 4.04. The number of nitrogens with two attached hydrogens (primary N) is 1. The summed E-state index contributed by atoms with van der Waals surface area (Å²) in [4.78, 5) is 12.2. The highest BCUT2D eigenvalue weighted by atomic mass is 79.9. The van der Waals surface area contributed by atoms with Gasteiger partial charge in [0.05, 0.1) is 18.4 Å². The predicted octanol–water partition coefficient (Wildman–Crippen LogP) is 3.43. The molecule has 3 N–H and O–H groups in total. The van der Waals surface area contributed by atoms with E-state index >= 15 is 0 Å². The quantitative estimate of drug-likeness (QED) is 0.842. The Hall–Kier alpha value is -2.08. The molecule has 2 aromatic carbocycles. The van der Waals surface area contributed by atoms with Crippen LogP contribution in [0.1, 0.15) is 10.4 Å². The van der Waals surface area contributed by atoms with Crippen molar-refractivity contribution in [1.29, 1.82) is 0 Å². The average molecular weight is 339 g/mol. The van der Waals surface area contributed by atoms with E-state index in [1.807, 2.05) is 0 Å². The molecule has 104 valence electrons. The molecule has 6 heteroatoms. The Morgan fingerprint density at radius 3 is 2.75 bits per heavy atom. The molecule has 0 heterocycles. The summed E-state index contributed by atoms with van der Waals surface area (Å²) in [6, 6.07) is 8.92. The Morgan fingerprint density at radius 1 is 1.30 bits per heavy atom. The molecule has 0 saturated carbocycles. The molecule has 20 heavy (non-hydrogen) atoms. The van der Waals surface area contributed by atoms with Crippen LogP contribution in [0.5, 0.6) is 5.75 Å². The highest BCUT2D eigenvalue weighted by Gasteiger charge is 2.14. The van der Waals surface area contributed by atoms with E-state index in [0.717, 1.165) is 4.47 Å². The van der Waals surface area contributed by atoms with Crippen LogP contribution in [0.25, 0.3) is 0 Å². The first-order valence-corrected chi connectivity index (χ1v) is 6.50. The number of nitrogens with one attached hydrogen (secondary N) is 1. The van der Waals surface area contributed by atoms with Gasteiger partial charge in [-0.2, -0.15) is 0 Å². The largest absolute Gasteiger partial charge is 0.496 e. The van der Waals surface area contributed by atoms with Crippen LogP contribution in [0.2, 0.25) is 0 Å². The smallest absolute Gasteiger partial charge is 0.259 e. The number of nitrogen functional groups attached to an aromatic ring is 1. The van der Waals surface area contributed by atoms with Crippen molar-refractivity contribution in [2.24, 2.45) is 0 Å². The van der Waals surface area contributed by atoms with Crippen molar-refractivity contribution in [2.75, 3.05) is 18.2 Å². The normalized spacial score (nSPS) is 10.2. The summed E-state index contributed by atoms with van der Waals surface area (Å²) in [5.41, 5.74) is 6.27. The number of hydrogen-bond acceptors (Lipinski definition) is 3. The first kappa shape index (κ1) is 14.3. The second-order valence-corrected chi connectivity index (χ2v) is 4.95. The lowest BCUT2D eigenvalue weighted by Gasteiger charge is -2.10. The fourth-order valence-electron chi connectivity index (χ4n) is 1.68. The third-order valence-corrected chi connectivity index (χ3v) is 3.14. The third-order valence-electron chi connectivity index (χ3n) is 2.65. The van der Waals surface area contributed by atoms with E-state index in [1.165, 1.54) is 25.3 Å². The molecule has 0 saturated heterocycles. The molecule has 0 bridgehead atoms. The fraction of sp³-hybridized carbons (Fsp3) is 0.0714.